The summed E-state index contributed by atoms with van der Waals surface area (Å²) < 4.78 is 41.4. The molecule has 0 fully saturated rings. The van der Waals surface area contributed by atoms with E-state index in [4.69, 9.17) is 0 Å². The topological polar surface area (TPSA) is 47.7 Å². The zero-order valence-electron chi connectivity index (χ0n) is 12.0. The summed E-state index contributed by atoms with van der Waals surface area (Å²) in [6, 6.07) is 1.19. The van der Waals surface area contributed by atoms with Crippen LogP contribution in [0.1, 0.15) is 29.9 Å². The minimum Gasteiger partial charge on any atom is -0.308 e. The molecule has 1 aliphatic heterocycles. The van der Waals surface area contributed by atoms with Gasteiger partial charge in [-0.05, 0) is 26.0 Å². The number of nitrogens with zero attached hydrogens (tertiary/aromatic N) is 4. The van der Waals surface area contributed by atoms with Gasteiger partial charge in [-0.3, -0.25) is 9.36 Å². The van der Waals surface area contributed by atoms with Crippen molar-refractivity contribution in [2.45, 2.75) is 25.6 Å². The first-order valence-electron chi connectivity index (χ1n) is 6.69. The number of fused-ring (bicyclic) bond motifs is 1. The monoisotopic (exact) mass is 299 g/mol. The van der Waals surface area contributed by atoms with Crippen molar-refractivity contribution in [1.82, 2.24) is 24.9 Å². The molecule has 0 aliphatic carbocycles. The van der Waals surface area contributed by atoms with Crippen LogP contribution < -0.4 is 5.32 Å². The van der Waals surface area contributed by atoms with Gasteiger partial charge in [0.15, 0.2) is 5.69 Å². The van der Waals surface area contributed by atoms with E-state index in [2.05, 4.69) is 15.5 Å². The van der Waals surface area contributed by atoms with Crippen molar-refractivity contribution in [2.75, 3.05) is 6.54 Å². The molecule has 3 rings (SSSR count). The average Bonchev–Trinajstić information content (AvgIpc) is 2.90. The molecule has 1 unspecified atom stereocenters. The minimum absolute atomic E-state index is 0.101. The lowest BCUT2D eigenvalue weighted by atomic mass is 9.99. The number of hydrogen-bond donors (Lipinski definition) is 1. The summed E-state index contributed by atoms with van der Waals surface area (Å²) in [5.74, 6) is 0. The summed E-state index contributed by atoms with van der Waals surface area (Å²) in [5, 5.41) is 11.3. The van der Waals surface area contributed by atoms with Gasteiger partial charge in [-0.1, -0.05) is 0 Å². The maximum Gasteiger partial charge on any atom is 0.435 e. The van der Waals surface area contributed by atoms with E-state index in [1.165, 1.54) is 11.7 Å². The second-order valence-electron chi connectivity index (χ2n) is 5.30. The largest absolute Gasteiger partial charge is 0.435 e. The van der Waals surface area contributed by atoms with Crippen molar-refractivity contribution < 1.29 is 13.2 Å². The Morgan fingerprint density at radius 1 is 1.24 bits per heavy atom. The molecule has 5 nitrogen and oxygen atoms in total. The number of aryl methyl sites for hydroxylation is 2. The third-order valence-electron chi connectivity index (χ3n) is 3.82. The molecule has 2 aromatic rings. The first-order valence-corrected chi connectivity index (χ1v) is 6.69. The van der Waals surface area contributed by atoms with E-state index in [0.717, 1.165) is 30.3 Å². The van der Waals surface area contributed by atoms with Gasteiger partial charge in [-0.15, -0.1) is 0 Å². The molecule has 1 aliphatic rings. The van der Waals surface area contributed by atoms with Crippen molar-refractivity contribution in [3.05, 3.63) is 23.0 Å². The van der Waals surface area contributed by atoms with E-state index in [-0.39, 0.29) is 6.04 Å². The van der Waals surface area contributed by atoms with Crippen LogP contribution in [0.3, 0.4) is 0 Å². The molecule has 3 heterocycles. The van der Waals surface area contributed by atoms with Gasteiger partial charge in [0.1, 0.15) is 0 Å². The maximum absolute atomic E-state index is 12.8. The fourth-order valence-electron chi connectivity index (χ4n) is 2.84. The predicted octanol–water partition coefficient (Wildman–Crippen LogP) is 2.05. The number of halogens is 3. The molecular weight excluding hydrogens is 283 g/mol. The quantitative estimate of drug-likeness (QED) is 0.876. The third kappa shape index (κ3) is 2.23. The Labute approximate surface area is 119 Å². The number of nitrogens with one attached hydrogen (secondary N) is 1. The smallest absolute Gasteiger partial charge is 0.308 e. The average molecular weight is 299 g/mol. The number of alkyl halides is 3. The Morgan fingerprint density at radius 2 is 1.95 bits per heavy atom. The number of aromatic nitrogens is 4. The Morgan fingerprint density at radius 3 is 2.57 bits per heavy atom. The van der Waals surface area contributed by atoms with Crippen molar-refractivity contribution in [3.63, 3.8) is 0 Å². The van der Waals surface area contributed by atoms with Crippen LogP contribution in [0.2, 0.25) is 0 Å². The molecule has 0 saturated carbocycles. The van der Waals surface area contributed by atoms with Crippen LogP contribution in [0.4, 0.5) is 13.2 Å². The third-order valence-corrected chi connectivity index (χ3v) is 3.82. The van der Waals surface area contributed by atoms with Crippen molar-refractivity contribution >= 4 is 0 Å². The van der Waals surface area contributed by atoms with Crippen molar-refractivity contribution in [2.24, 2.45) is 14.1 Å². The summed E-state index contributed by atoms with van der Waals surface area (Å²) in [7, 11) is 3.27. The molecule has 0 bridgehead atoms. The second-order valence-corrected chi connectivity index (χ2v) is 5.30. The lowest BCUT2D eigenvalue weighted by Crippen LogP contribution is -2.27. The molecule has 21 heavy (non-hydrogen) atoms. The first kappa shape index (κ1) is 14.1. The van der Waals surface area contributed by atoms with Gasteiger partial charge in [0.2, 0.25) is 0 Å². The molecule has 8 heteroatoms. The summed E-state index contributed by atoms with van der Waals surface area (Å²) in [4.78, 5) is 0. The van der Waals surface area contributed by atoms with Crippen LogP contribution in [0.15, 0.2) is 6.07 Å². The highest BCUT2D eigenvalue weighted by Crippen LogP contribution is 2.35. The highest BCUT2D eigenvalue weighted by Gasteiger charge is 2.36. The Hall–Kier alpha value is -1.83. The van der Waals surface area contributed by atoms with Crippen molar-refractivity contribution in [1.29, 1.82) is 0 Å². The molecule has 0 aromatic carbocycles. The molecular formula is C13H16F3N5. The fraction of sp³-hybridized carbons (Fsp3) is 0.538. The lowest BCUT2D eigenvalue weighted by molar-refractivity contribution is -0.141. The molecule has 1 atom stereocenters. The van der Waals surface area contributed by atoms with Crippen LogP contribution in [0.5, 0.6) is 0 Å². The molecule has 0 spiro atoms. The van der Waals surface area contributed by atoms with E-state index < -0.39 is 11.9 Å². The Balaban J connectivity index is 2.16. The van der Waals surface area contributed by atoms with Crippen molar-refractivity contribution in [3.8, 4) is 11.4 Å². The SMILES string of the molecule is CC1NCCc2c1nn(C)c2-c1cc(C(F)(F)F)nn1C. The van der Waals surface area contributed by atoms with Gasteiger partial charge in [0.05, 0.1) is 17.1 Å². The van der Waals surface area contributed by atoms with Gasteiger partial charge in [-0.25, -0.2) is 0 Å². The van der Waals surface area contributed by atoms with E-state index in [1.54, 1.807) is 11.7 Å². The lowest BCUT2D eigenvalue weighted by Gasteiger charge is -2.19. The molecule has 114 valence electrons. The minimum atomic E-state index is -4.44. The summed E-state index contributed by atoms with van der Waals surface area (Å²) in [6.07, 6.45) is -3.70. The standard InChI is InChI=1S/C13H16F3N5/c1-7-11-8(4-5-17-7)12(21(3)19-11)9-6-10(13(14,15)16)18-20(9)2/h6-7,17H,4-5H2,1-3H3. The zero-order chi connectivity index (χ0) is 15.4. The molecule has 0 radical (unpaired) electrons. The van der Waals surface area contributed by atoms with E-state index in [0.29, 0.717) is 11.4 Å². The van der Waals surface area contributed by atoms with E-state index in [9.17, 15) is 13.2 Å². The van der Waals surface area contributed by atoms with Crippen LogP contribution in [0, 0.1) is 0 Å². The van der Waals surface area contributed by atoms with Gasteiger partial charge >= 0.3 is 6.18 Å². The van der Waals surface area contributed by atoms with Gasteiger partial charge in [-0.2, -0.15) is 23.4 Å². The van der Waals surface area contributed by atoms with E-state index >= 15 is 0 Å². The molecule has 0 saturated heterocycles. The highest BCUT2D eigenvalue weighted by molar-refractivity contribution is 5.62. The van der Waals surface area contributed by atoms with Gasteiger partial charge in [0.25, 0.3) is 0 Å². The Bertz CT molecular complexity index is 683. The first-order chi connectivity index (χ1) is 9.79. The highest BCUT2D eigenvalue weighted by atomic mass is 19.4. The van der Waals surface area contributed by atoms with Crippen LogP contribution >= 0.6 is 0 Å². The predicted molar refractivity (Wildman–Crippen MR) is 70.5 cm³/mol. The van der Waals surface area contributed by atoms with Crippen LogP contribution in [-0.4, -0.2) is 26.1 Å². The normalized spacial score (nSPS) is 18.9. The van der Waals surface area contributed by atoms with E-state index in [1.807, 2.05) is 6.92 Å². The molecule has 0 amide bonds. The summed E-state index contributed by atoms with van der Waals surface area (Å²) in [5.41, 5.74) is 2.17. The molecule has 2 aromatic heterocycles. The zero-order valence-corrected chi connectivity index (χ0v) is 12.0. The second kappa shape index (κ2) is 4.59. The number of rotatable bonds is 1. The molecule has 1 N–H and O–H groups in total. The van der Waals surface area contributed by atoms with Gasteiger partial charge in [0, 0.05) is 25.7 Å². The Kier molecular flexibility index (Phi) is 3.09. The van der Waals surface area contributed by atoms with Crippen LogP contribution in [-0.2, 0) is 26.7 Å². The fourth-order valence-corrected chi connectivity index (χ4v) is 2.84. The van der Waals surface area contributed by atoms with Crippen LogP contribution in [0.25, 0.3) is 11.4 Å². The maximum atomic E-state index is 12.8. The summed E-state index contributed by atoms with van der Waals surface area (Å²) >= 11 is 0. The number of hydrogen-bond acceptors (Lipinski definition) is 3. The summed E-state index contributed by atoms with van der Waals surface area (Å²) in [6.45, 7) is 2.79. The van der Waals surface area contributed by atoms with Gasteiger partial charge < -0.3 is 5.32 Å².